The molecule has 0 bridgehead atoms. The smallest absolute Gasteiger partial charge is 0.236 e. The first-order valence-electron chi connectivity index (χ1n) is 5.49. The molecule has 2 rings (SSSR count). The summed E-state index contributed by atoms with van der Waals surface area (Å²) in [6.07, 6.45) is 2.51. The normalized spacial score (nSPS) is 24.1. The molecule has 79 valence electrons. The Morgan fingerprint density at radius 2 is 1.71 bits per heavy atom. The minimum absolute atomic E-state index is 0.293. The molecule has 2 saturated heterocycles. The maximum absolute atomic E-state index is 11.8. The van der Waals surface area contributed by atoms with Crippen molar-refractivity contribution in [1.82, 2.24) is 15.1 Å². The first-order valence-corrected chi connectivity index (χ1v) is 5.49. The van der Waals surface area contributed by atoms with Gasteiger partial charge in [0.05, 0.1) is 6.54 Å². The number of rotatable bonds is 2. The third-order valence-corrected chi connectivity index (χ3v) is 2.97. The summed E-state index contributed by atoms with van der Waals surface area (Å²) in [5, 5.41) is 4.23. The van der Waals surface area contributed by atoms with Crippen molar-refractivity contribution in [1.29, 1.82) is 0 Å². The van der Waals surface area contributed by atoms with E-state index in [9.17, 15) is 4.79 Å². The second-order valence-corrected chi connectivity index (χ2v) is 4.03. The largest absolute Gasteiger partial charge is 0.339 e. The van der Waals surface area contributed by atoms with Crippen molar-refractivity contribution in [2.24, 2.45) is 0 Å². The van der Waals surface area contributed by atoms with Crippen LogP contribution in [0.3, 0.4) is 0 Å². The van der Waals surface area contributed by atoms with Gasteiger partial charge in [0.1, 0.15) is 0 Å². The molecule has 0 saturated carbocycles. The highest BCUT2D eigenvalue weighted by molar-refractivity contribution is 5.78. The number of hydrogen-bond donors (Lipinski definition) is 0. The van der Waals surface area contributed by atoms with Gasteiger partial charge in [0.15, 0.2) is 0 Å². The first kappa shape index (κ1) is 9.93. The SMILES string of the molecule is O=C(CN1CCCC1)N1CC[N]CC1. The van der Waals surface area contributed by atoms with E-state index in [-0.39, 0.29) is 0 Å². The molecule has 2 aliphatic heterocycles. The molecular weight excluding hydrogens is 178 g/mol. The fourth-order valence-electron chi connectivity index (χ4n) is 2.09. The summed E-state index contributed by atoms with van der Waals surface area (Å²) in [6, 6.07) is 0. The predicted octanol–water partition coefficient (Wildman–Crippen LogP) is -0.471. The summed E-state index contributed by atoms with van der Waals surface area (Å²) >= 11 is 0. The van der Waals surface area contributed by atoms with Gasteiger partial charge in [0.25, 0.3) is 0 Å². The van der Waals surface area contributed by atoms with Crippen molar-refractivity contribution >= 4 is 5.91 Å². The second-order valence-electron chi connectivity index (χ2n) is 4.03. The molecule has 1 radical (unpaired) electrons. The minimum atomic E-state index is 0.293. The molecule has 2 fully saturated rings. The lowest BCUT2D eigenvalue weighted by molar-refractivity contribution is -0.132. The number of amides is 1. The summed E-state index contributed by atoms with van der Waals surface area (Å²) in [7, 11) is 0. The standard InChI is InChI=1S/C10H18N3O/c14-10(9-12-5-1-2-6-12)13-7-3-11-4-8-13/h1-9H2. The van der Waals surface area contributed by atoms with Crippen LogP contribution < -0.4 is 5.32 Å². The predicted molar refractivity (Wildman–Crippen MR) is 54.1 cm³/mol. The Balaban J connectivity index is 1.75. The van der Waals surface area contributed by atoms with Crippen molar-refractivity contribution in [3.63, 3.8) is 0 Å². The van der Waals surface area contributed by atoms with Gasteiger partial charge in [-0.15, -0.1) is 0 Å². The van der Waals surface area contributed by atoms with E-state index in [2.05, 4.69) is 10.2 Å². The third kappa shape index (κ3) is 2.45. The van der Waals surface area contributed by atoms with Crippen LogP contribution in [0.1, 0.15) is 12.8 Å². The van der Waals surface area contributed by atoms with Crippen LogP contribution in [0.15, 0.2) is 0 Å². The highest BCUT2D eigenvalue weighted by atomic mass is 16.2. The zero-order chi connectivity index (χ0) is 9.80. The van der Waals surface area contributed by atoms with Gasteiger partial charge in [0.2, 0.25) is 5.91 Å². The Kier molecular flexibility index (Phi) is 3.37. The molecule has 0 aromatic rings. The molecule has 0 spiro atoms. The second kappa shape index (κ2) is 4.75. The maximum Gasteiger partial charge on any atom is 0.236 e. The summed E-state index contributed by atoms with van der Waals surface area (Å²) < 4.78 is 0. The first-order chi connectivity index (χ1) is 6.86. The van der Waals surface area contributed by atoms with Crippen molar-refractivity contribution in [3.05, 3.63) is 0 Å². The van der Waals surface area contributed by atoms with E-state index in [4.69, 9.17) is 0 Å². The molecular formula is C10H18N3O. The van der Waals surface area contributed by atoms with E-state index in [1.54, 1.807) is 0 Å². The van der Waals surface area contributed by atoms with Gasteiger partial charge in [-0.2, -0.15) is 0 Å². The summed E-state index contributed by atoms with van der Waals surface area (Å²) in [4.78, 5) is 16.0. The van der Waals surface area contributed by atoms with Crippen LogP contribution in [0.4, 0.5) is 0 Å². The number of likely N-dealkylation sites (tertiary alicyclic amines) is 1. The molecule has 0 N–H and O–H groups in total. The zero-order valence-corrected chi connectivity index (χ0v) is 8.61. The van der Waals surface area contributed by atoms with E-state index in [0.29, 0.717) is 12.5 Å². The lowest BCUT2D eigenvalue weighted by Gasteiger charge is -2.28. The van der Waals surface area contributed by atoms with Crippen LogP contribution >= 0.6 is 0 Å². The van der Waals surface area contributed by atoms with Crippen molar-refractivity contribution in [3.8, 4) is 0 Å². The highest BCUT2D eigenvalue weighted by Crippen LogP contribution is 2.07. The van der Waals surface area contributed by atoms with E-state index in [1.807, 2.05) is 4.90 Å². The molecule has 0 aromatic heterocycles. The van der Waals surface area contributed by atoms with E-state index < -0.39 is 0 Å². The number of carbonyl (C=O) groups excluding carboxylic acids is 1. The van der Waals surface area contributed by atoms with Gasteiger partial charge in [-0.25, -0.2) is 5.32 Å². The summed E-state index contributed by atoms with van der Waals surface area (Å²) in [5.41, 5.74) is 0. The minimum Gasteiger partial charge on any atom is -0.339 e. The van der Waals surface area contributed by atoms with Crippen LogP contribution in [0.2, 0.25) is 0 Å². The Morgan fingerprint density at radius 3 is 2.36 bits per heavy atom. The fourth-order valence-corrected chi connectivity index (χ4v) is 2.09. The van der Waals surface area contributed by atoms with Gasteiger partial charge < -0.3 is 4.90 Å². The topological polar surface area (TPSA) is 37.7 Å². The zero-order valence-electron chi connectivity index (χ0n) is 8.61. The van der Waals surface area contributed by atoms with Crippen molar-refractivity contribution in [2.45, 2.75) is 12.8 Å². The third-order valence-electron chi connectivity index (χ3n) is 2.97. The van der Waals surface area contributed by atoms with E-state index >= 15 is 0 Å². The molecule has 0 aliphatic carbocycles. The van der Waals surface area contributed by atoms with Crippen molar-refractivity contribution in [2.75, 3.05) is 45.8 Å². The van der Waals surface area contributed by atoms with Gasteiger partial charge in [0, 0.05) is 26.2 Å². The lowest BCUT2D eigenvalue weighted by Crippen LogP contribution is -2.47. The van der Waals surface area contributed by atoms with Crippen LogP contribution in [0.25, 0.3) is 0 Å². The average Bonchev–Trinajstić information content (AvgIpc) is 2.72. The van der Waals surface area contributed by atoms with Gasteiger partial charge in [-0.05, 0) is 25.9 Å². The molecule has 0 unspecified atom stereocenters. The number of hydrogen-bond acceptors (Lipinski definition) is 2. The monoisotopic (exact) mass is 196 g/mol. The Bertz CT molecular complexity index is 196. The molecule has 0 aromatic carbocycles. The fraction of sp³-hybridized carbons (Fsp3) is 0.900. The maximum atomic E-state index is 11.8. The molecule has 1 amide bonds. The molecule has 14 heavy (non-hydrogen) atoms. The number of carbonyl (C=O) groups is 1. The molecule has 2 aliphatic rings. The van der Waals surface area contributed by atoms with Crippen LogP contribution in [0, 0.1) is 0 Å². The Hall–Kier alpha value is -0.610. The molecule has 4 heteroatoms. The Labute approximate surface area is 85.2 Å². The number of nitrogens with zero attached hydrogens (tertiary/aromatic N) is 3. The molecule has 4 nitrogen and oxygen atoms in total. The van der Waals surface area contributed by atoms with Crippen LogP contribution in [-0.4, -0.2) is 61.5 Å². The van der Waals surface area contributed by atoms with E-state index in [1.165, 1.54) is 12.8 Å². The number of piperazine rings is 1. The average molecular weight is 196 g/mol. The van der Waals surface area contributed by atoms with Gasteiger partial charge in [-0.1, -0.05) is 0 Å². The van der Waals surface area contributed by atoms with Gasteiger partial charge >= 0.3 is 0 Å². The van der Waals surface area contributed by atoms with E-state index in [0.717, 1.165) is 39.3 Å². The van der Waals surface area contributed by atoms with Crippen LogP contribution in [0.5, 0.6) is 0 Å². The quantitative estimate of drug-likeness (QED) is 0.599. The summed E-state index contributed by atoms with van der Waals surface area (Å²) in [5.74, 6) is 0.293. The molecule has 0 atom stereocenters. The van der Waals surface area contributed by atoms with Crippen LogP contribution in [-0.2, 0) is 4.79 Å². The highest BCUT2D eigenvalue weighted by Gasteiger charge is 2.20. The molecule has 2 heterocycles. The van der Waals surface area contributed by atoms with Crippen molar-refractivity contribution < 1.29 is 4.79 Å². The Morgan fingerprint density at radius 1 is 1.07 bits per heavy atom. The summed E-state index contributed by atoms with van der Waals surface area (Å²) in [6.45, 7) is 6.13. The van der Waals surface area contributed by atoms with Gasteiger partial charge in [-0.3, -0.25) is 9.69 Å². The lowest BCUT2D eigenvalue weighted by atomic mass is 10.3.